The van der Waals surface area contributed by atoms with Crippen LogP contribution in [0.1, 0.15) is 50.8 Å². The first-order chi connectivity index (χ1) is 9.24. The molecule has 0 aromatic carbocycles. The van der Waals surface area contributed by atoms with Crippen molar-refractivity contribution in [2.24, 2.45) is 7.05 Å². The van der Waals surface area contributed by atoms with Crippen molar-refractivity contribution in [1.82, 2.24) is 14.5 Å². The summed E-state index contributed by atoms with van der Waals surface area (Å²) >= 11 is 3.48. The Balaban J connectivity index is 1.96. The second-order valence-electron chi connectivity index (χ2n) is 5.36. The van der Waals surface area contributed by atoms with E-state index in [0.717, 1.165) is 17.7 Å². The van der Waals surface area contributed by atoms with E-state index in [1.165, 1.54) is 51.5 Å². The Morgan fingerprint density at radius 2 is 1.74 bits per heavy atom. The zero-order chi connectivity index (χ0) is 13.9. The van der Waals surface area contributed by atoms with Gasteiger partial charge in [-0.1, -0.05) is 48.0 Å². The third-order valence-corrected chi connectivity index (χ3v) is 4.07. The SMILES string of the molecule is CN(CCCCCCCCCBr)Cc1nccn1C. The highest BCUT2D eigenvalue weighted by Crippen LogP contribution is 2.09. The number of rotatable bonds is 11. The normalized spacial score (nSPS) is 11.4. The van der Waals surface area contributed by atoms with E-state index >= 15 is 0 Å². The molecule has 0 fully saturated rings. The number of aryl methyl sites for hydroxylation is 1. The molecule has 1 heterocycles. The predicted octanol–water partition coefficient (Wildman–Crippen LogP) is 3.98. The molecule has 0 amide bonds. The van der Waals surface area contributed by atoms with Gasteiger partial charge in [0.25, 0.3) is 0 Å². The molecule has 0 N–H and O–H groups in total. The molecule has 0 aliphatic carbocycles. The van der Waals surface area contributed by atoms with Crippen LogP contribution in [0.4, 0.5) is 0 Å². The van der Waals surface area contributed by atoms with E-state index < -0.39 is 0 Å². The quantitative estimate of drug-likeness (QED) is 0.452. The highest BCUT2D eigenvalue weighted by atomic mass is 79.9. The number of hydrogen-bond acceptors (Lipinski definition) is 2. The average molecular weight is 330 g/mol. The molecule has 0 aliphatic heterocycles. The van der Waals surface area contributed by atoms with E-state index in [0.29, 0.717) is 0 Å². The minimum atomic E-state index is 0.953. The van der Waals surface area contributed by atoms with Crippen molar-refractivity contribution in [3.8, 4) is 0 Å². The van der Waals surface area contributed by atoms with Crippen LogP contribution < -0.4 is 0 Å². The van der Waals surface area contributed by atoms with E-state index in [2.05, 4.69) is 44.5 Å². The zero-order valence-electron chi connectivity index (χ0n) is 12.4. The van der Waals surface area contributed by atoms with Crippen molar-refractivity contribution in [3.05, 3.63) is 18.2 Å². The van der Waals surface area contributed by atoms with E-state index in [9.17, 15) is 0 Å². The molecule has 0 saturated heterocycles. The number of alkyl halides is 1. The monoisotopic (exact) mass is 329 g/mol. The molecule has 1 aromatic heterocycles. The van der Waals surface area contributed by atoms with Gasteiger partial charge in [-0.2, -0.15) is 0 Å². The van der Waals surface area contributed by atoms with Crippen LogP contribution in [0.15, 0.2) is 12.4 Å². The zero-order valence-corrected chi connectivity index (χ0v) is 14.0. The molecule has 0 aliphatic rings. The third-order valence-electron chi connectivity index (χ3n) is 3.51. The molecule has 0 atom stereocenters. The van der Waals surface area contributed by atoms with Crippen LogP contribution in [0, 0.1) is 0 Å². The molecule has 0 radical (unpaired) electrons. The molecule has 0 saturated carbocycles. The van der Waals surface area contributed by atoms with Gasteiger partial charge in [-0.25, -0.2) is 4.98 Å². The molecule has 0 bridgehead atoms. The van der Waals surface area contributed by atoms with Gasteiger partial charge in [-0.3, -0.25) is 4.90 Å². The molecule has 4 heteroatoms. The maximum absolute atomic E-state index is 4.36. The molecule has 3 nitrogen and oxygen atoms in total. The minimum Gasteiger partial charge on any atom is -0.337 e. The summed E-state index contributed by atoms with van der Waals surface area (Å²) in [6.07, 6.45) is 13.4. The summed E-state index contributed by atoms with van der Waals surface area (Å²) in [4.78, 5) is 6.73. The van der Waals surface area contributed by atoms with Gasteiger partial charge in [-0.05, 0) is 26.4 Å². The fourth-order valence-electron chi connectivity index (χ4n) is 2.23. The maximum Gasteiger partial charge on any atom is 0.122 e. The maximum atomic E-state index is 4.36. The fourth-order valence-corrected chi connectivity index (χ4v) is 2.63. The molecule has 0 spiro atoms. The number of unbranched alkanes of at least 4 members (excludes halogenated alkanes) is 6. The van der Waals surface area contributed by atoms with Crippen molar-refractivity contribution < 1.29 is 0 Å². The highest BCUT2D eigenvalue weighted by Gasteiger charge is 2.03. The van der Waals surface area contributed by atoms with Gasteiger partial charge in [0.1, 0.15) is 5.82 Å². The van der Waals surface area contributed by atoms with Gasteiger partial charge in [0.05, 0.1) is 6.54 Å². The lowest BCUT2D eigenvalue weighted by Gasteiger charge is -2.16. The minimum absolute atomic E-state index is 0.953. The molecule has 0 unspecified atom stereocenters. The van der Waals surface area contributed by atoms with Crippen LogP contribution in [-0.2, 0) is 13.6 Å². The van der Waals surface area contributed by atoms with Crippen molar-refractivity contribution in [1.29, 1.82) is 0 Å². The van der Waals surface area contributed by atoms with E-state index in [4.69, 9.17) is 0 Å². The van der Waals surface area contributed by atoms with Gasteiger partial charge in [0, 0.05) is 24.8 Å². The van der Waals surface area contributed by atoms with Crippen molar-refractivity contribution in [2.45, 2.75) is 51.5 Å². The van der Waals surface area contributed by atoms with Gasteiger partial charge in [0.2, 0.25) is 0 Å². The average Bonchev–Trinajstić information content (AvgIpc) is 2.78. The van der Waals surface area contributed by atoms with Crippen LogP contribution in [0.25, 0.3) is 0 Å². The lowest BCUT2D eigenvalue weighted by atomic mass is 10.1. The van der Waals surface area contributed by atoms with Gasteiger partial charge >= 0.3 is 0 Å². The smallest absolute Gasteiger partial charge is 0.122 e. The lowest BCUT2D eigenvalue weighted by Crippen LogP contribution is -2.21. The van der Waals surface area contributed by atoms with Crippen LogP contribution in [0.3, 0.4) is 0 Å². The van der Waals surface area contributed by atoms with E-state index in [-0.39, 0.29) is 0 Å². The summed E-state index contributed by atoms with van der Waals surface area (Å²) in [6.45, 7) is 2.13. The Morgan fingerprint density at radius 3 is 2.32 bits per heavy atom. The van der Waals surface area contributed by atoms with Crippen LogP contribution >= 0.6 is 15.9 Å². The first kappa shape index (κ1) is 16.7. The summed E-state index contributed by atoms with van der Waals surface area (Å²) < 4.78 is 2.10. The number of hydrogen-bond donors (Lipinski definition) is 0. The van der Waals surface area contributed by atoms with Crippen molar-refractivity contribution >= 4 is 15.9 Å². The molecule has 1 aromatic rings. The molecule has 1 rings (SSSR count). The number of aromatic nitrogens is 2. The van der Waals surface area contributed by atoms with E-state index in [1.54, 1.807) is 0 Å². The van der Waals surface area contributed by atoms with E-state index in [1.807, 2.05) is 12.4 Å². The molecular formula is C15H28BrN3. The first-order valence-electron chi connectivity index (χ1n) is 7.44. The fraction of sp³-hybridized carbons (Fsp3) is 0.800. The van der Waals surface area contributed by atoms with Crippen LogP contribution in [0.2, 0.25) is 0 Å². The summed E-state index contributed by atoms with van der Waals surface area (Å²) in [7, 11) is 4.24. The summed E-state index contributed by atoms with van der Waals surface area (Å²) in [5.41, 5.74) is 0. The Hall–Kier alpha value is -0.350. The van der Waals surface area contributed by atoms with Gasteiger partial charge < -0.3 is 4.57 Å². The van der Waals surface area contributed by atoms with Crippen molar-refractivity contribution in [2.75, 3.05) is 18.9 Å². The summed E-state index contributed by atoms with van der Waals surface area (Å²) in [6, 6.07) is 0. The van der Waals surface area contributed by atoms with Crippen LogP contribution in [-0.4, -0.2) is 33.4 Å². The second kappa shape index (κ2) is 10.4. The third kappa shape index (κ3) is 7.73. The highest BCUT2D eigenvalue weighted by molar-refractivity contribution is 9.09. The molecular weight excluding hydrogens is 302 g/mol. The summed E-state index contributed by atoms with van der Waals surface area (Å²) in [5, 5.41) is 1.16. The lowest BCUT2D eigenvalue weighted by molar-refractivity contribution is 0.305. The second-order valence-corrected chi connectivity index (χ2v) is 6.15. The number of nitrogens with zero attached hydrogens (tertiary/aromatic N) is 3. The van der Waals surface area contributed by atoms with Crippen LogP contribution in [0.5, 0.6) is 0 Å². The standard InChI is InChI=1S/C15H28BrN3/c1-18(14-15-17-11-13-19(15)2)12-9-7-5-3-4-6-8-10-16/h11,13H,3-10,12,14H2,1-2H3. The number of imidazole rings is 1. The number of halogens is 1. The molecule has 19 heavy (non-hydrogen) atoms. The molecule has 110 valence electrons. The largest absolute Gasteiger partial charge is 0.337 e. The van der Waals surface area contributed by atoms with Crippen molar-refractivity contribution in [3.63, 3.8) is 0 Å². The summed E-state index contributed by atoms with van der Waals surface area (Å²) in [5.74, 6) is 1.15. The Kier molecular flexibility index (Phi) is 9.18. The first-order valence-corrected chi connectivity index (χ1v) is 8.57. The Morgan fingerprint density at radius 1 is 1.11 bits per heavy atom. The Bertz CT molecular complexity index is 325. The predicted molar refractivity (Wildman–Crippen MR) is 85.7 cm³/mol. The van der Waals surface area contributed by atoms with Gasteiger partial charge in [0.15, 0.2) is 0 Å². The Labute approximate surface area is 126 Å². The van der Waals surface area contributed by atoms with Gasteiger partial charge in [-0.15, -0.1) is 0 Å². The topological polar surface area (TPSA) is 21.1 Å².